The molecule has 1 aliphatic rings. The summed E-state index contributed by atoms with van der Waals surface area (Å²) in [6, 6.07) is 0.514. The SMILES string of the molecule is CCCc1nn(C)c2c1nc(N)n2C1CCCC1. The van der Waals surface area contributed by atoms with Crippen molar-refractivity contribution in [3.05, 3.63) is 5.69 Å². The van der Waals surface area contributed by atoms with Gasteiger partial charge in [0.2, 0.25) is 5.95 Å². The van der Waals surface area contributed by atoms with Crippen molar-refractivity contribution in [2.45, 2.75) is 51.5 Å². The molecular formula is C13H21N5. The molecule has 1 saturated carbocycles. The fraction of sp³-hybridized carbons (Fsp3) is 0.692. The molecule has 2 N–H and O–H groups in total. The molecule has 0 aliphatic heterocycles. The summed E-state index contributed by atoms with van der Waals surface area (Å²) in [5.41, 5.74) is 9.31. The molecule has 0 unspecified atom stereocenters. The fourth-order valence-corrected chi connectivity index (χ4v) is 3.15. The molecular weight excluding hydrogens is 226 g/mol. The third-order valence-electron chi connectivity index (χ3n) is 3.94. The van der Waals surface area contributed by atoms with Gasteiger partial charge in [-0.3, -0.25) is 9.25 Å². The van der Waals surface area contributed by atoms with Gasteiger partial charge in [-0.25, -0.2) is 4.98 Å². The largest absolute Gasteiger partial charge is 0.369 e. The van der Waals surface area contributed by atoms with Gasteiger partial charge in [-0.1, -0.05) is 26.2 Å². The first kappa shape index (κ1) is 11.6. The van der Waals surface area contributed by atoms with E-state index < -0.39 is 0 Å². The van der Waals surface area contributed by atoms with Crippen LogP contribution in [0, 0.1) is 0 Å². The molecule has 5 nitrogen and oxygen atoms in total. The minimum absolute atomic E-state index is 0.514. The van der Waals surface area contributed by atoms with E-state index >= 15 is 0 Å². The van der Waals surface area contributed by atoms with Crippen LogP contribution in [0.2, 0.25) is 0 Å². The van der Waals surface area contributed by atoms with Crippen molar-refractivity contribution >= 4 is 17.1 Å². The monoisotopic (exact) mass is 247 g/mol. The highest BCUT2D eigenvalue weighted by Gasteiger charge is 2.25. The Morgan fingerprint density at radius 1 is 1.33 bits per heavy atom. The van der Waals surface area contributed by atoms with Crippen LogP contribution < -0.4 is 5.73 Å². The summed E-state index contributed by atoms with van der Waals surface area (Å²) >= 11 is 0. The molecule has 0 radical (unpaired) electrons. The van der Waals surface area contributed by atoms with Crippen molar-refractivity contribution in [3.63, 3.8) is 0 Å². The molecule has 2 aromatic rings. The minimum atomic E-state index is 0.514. The van der Waals surface area contributed by atoms with Crippen LogP contribution in [0.3, 0.4) is 0 Å². The maximum atomic E-state index is 6.12. The first-order valence-corrected chi connectivity index (χ1v) is 6.91. The van der Waals surface area contributed by atoms with Crippen LogP contribution in [0.1, 0.15) is 50.8 Å². The van der Waals surface area contributed by atoms with E-state index in [2.05, 4.69) is 21.6 Å². The Kier molecular flexibility index (Phi) is 2.76. The highest BCUT2D eigenvalue weighted by atomic mass is 15.4. The van der Waals surface area contributed by atoms with Crippen LogP contribution >= 0.6 is 0 Å². The van der Waals surface area contributed by atoms with E-state index in [1.807, 2.05) is 11.7 Å². The molecule has 0 saturated heterocycles. The Balaban J connectivity index is 2.15. The molecule has 2 heterocycles. The number of anilines is 1. The van der Waals surface area contributed by atoms with Crippen LogP contribution in [0.5, 0.6) is 0 Å². The Labute approximate surface area is 107 Å². The quantitative estimate of drug-likeness (QED) is 0.906. The molecule has 5 heteroatoms. The maximum Gasteiger partial charge on any atom is 0.202 e. The zero-order chi connectivity index (χ0) is 12.7. The van der Waals surface area contributed by atoms with Crippen molar-refractivity contribution in [1.29, 1.82) is 0 Å². The van der Waals surface area contributed by atoms with Crippen molar-refractivity contribution in [1.82, 2.24) is 19.3 Å². The van der Waals surface area contributed by atoms with Crippen LogP contribution in [-0.2, 0) is 13.5 Å². The molecule has 2 aromatic heterocycles. The number of hydrogen-bond acceptors (Lipinski definition) is 3. The second-order valence-corrected chi connectivity index (χ2v) is 5.27. The van der Waals surface area contributed by atoms with E-state index in [-0.39, 0.29) is 0 Å². The first-order chi connectivity index (χ1) is 8.72. The number of nitrogens with two attached hydrogens (primary N) is 1. The smallest absolute Gasteiger partial charge is 0.202 e. The summed E-state index contributed by atoms with van der Waals surface area (Å²) in [5, 5.41) is 4.59. The van der Waals surface area contributed by atoms with Crippen molar-refractivity contribution < 1.29 is 0 Å². The summed E-state index contributed by atoms with van der Waals surface area (Å²) in [6.45, 7) is 2.16. The van der Waals surface area contributed by atoms with Gasteiger partial charge in [0, 0.05) is 13.1 Å². The molecule has 18 heavy (non-hydrogen) atoms. The van der Waals surface area contributed by atoms with E-state index in [1.165, 1.54) is 25.7 Å². The summed E-state index contributed by atoms with van der Waals surface area (Å²) < 4.78 is 4.15. The van der Waals surface area contributed by atoms with E-state index in [4.69, 9.17) is 5.73 Å². The summed E-state index contributed by atoms with van der Waals surface area (Å²) in [6.07, 6.45) is 7.07. The van der Waals surface area contributed by atoms with Crippen molar-refractivity contribution in [2.24, 2.45) is 7.05 Å². The number of hydrogen-bond donors (Lipinski definition) is 1. The Bertz CT molecular complexity index is 559. The summed E-state index contributed by atoms with van der Waals surface area (Å²) in [4.78, 5) is 4.55. The number of fused-ring (bicyclic) bond motifs is 1. The molecule has 0 atom stereocenters. The van der Waals surface area contributed by atoms with E-state index in [1.54, 1.807) is 0 Å². The highest BCUT2D eigenvalue weighted by molar-refractivity contribution is 5.78. The standard InChI is InChI=1S/C13H21N5/c1-3-6-10-11-12(17(2)16-10)18(13(14)15-11)9-7-4-5-8-9/h9H,3-8H2,1-2H3,(H2,14,15). The van der Waals surface area contributed by atoms with Gasteiger partial charge in [0.15, 0.2) is 5.65 Å². The average molecular weight is 247 g/mol. The second-order valence-electron chi connectivity index (χ2n) is 5.27. The second kappa shape index (κ2) is 4.30. The average Bonchev–Trinajstić information content (AvgIpc) is 2.99. The van der Waals surface area contributed by atoms with Gasteiger partial charge in [-0.15, -0.1) is 0 Å². The van der Waals surface area contributed by atoms with Gasteiger partial charge in [-0.05, 0) is 19.3 Å². The summed E-state index contributed by atoms with van der Waals surface area (Å²) in [5.74, 6) is 0.655. The normalized spacial score (nSPS) is 17.0. The van der Waals surface area contributed by atoms with Crippen molar-refractivity contribution in [2.75, 3.05) is 5.73 Å². The number of aryl methyl sites for hydroxylation is 2. The number of nitrogens with zero attached hydrogens (tertiary/aromatic N) is 4. The highest BCUT2D eigenvalue weighted by Crippen LogP contribution is 2.35. The summed E-state index contributed by atoms with van der Waals surface area (Å²) in [7, 11) is 1.99. The Hall–Kier alpha value is -1.52. The lowest BCUT2D eigenvalue weighted by Crippen LogP contribution is -2.11. The molecule has 0 bridgehead atoms. The van der Waals surface area contributed by atoms with Crippen LogP contribution in [-0.4, -0.2) is 19.3 Å². The fourth-order valence-electron chi connectivity index (χ4n) is 3.15. The van der Waals surface area contributed by atoms with Crippen LogP contribution in [0.25, 0.3) is 11.2 Å². The molecule has 0 aromatic carbocycles. The van der Waals surface area contributed by atoms with Crippen LogP contribution in [0.4, 0.5) is 5.95 Å². The first-order valence-electron chi connectivity index (χ1n) is 6.91. The van der Waals surface area contributed by atoms with Gasteiger partial charge in [0.05, 0.1) is 5.69 Å². The van der Waals surface area contributed by atoms with Gasteiger partial charge < -0.3 is 5.73 Å². The Morgan fingerprint density at radius 2 is 2.06 bits per heavy atom. The van der Waals surface area contributed by atoms with E-state index in [9.17, 15) is 0 Å². The maximum absolute atomic E-state index is 6.12. The third-order valence-corrected chi connectivity index (χ3v) is 3.94. The molecule has 0 spiro atoms. The minimum Gasteiger partial charge on any atom is -0.369 e. The number of rotatable bonds is 3. The lowest BCUT2D eigenvalue weighted by atomic mass is 10.2. The van der Waals surface area contributed by atoms with E-state index in [0.717, 1.165) is 29.7 Å². The molecule has 1 fully saturated rings. The lowest BCUT2D eigenvalue weighted by molar-refractivity contribution is 0.526. The van der Waals surface area contributed by atoms with Crippen molar-refractivity contribution in [3.8, 4) is 0 Å². The zero-order valence-electron chi connectivity index (χ0n) is 11.2. The number of nitrogen functional groups attached to an aromatic ring is 1. The number of imidazole rings is 1. The van der Waals surface area contributed by atoms with Gasteiger partial charge in [0.1, 0.15) is 5.52 Å². The third kappa shape index (κ3) is 1.61. The van der Waals surface area contributed by atoms with Gasteiger partial charge in [0.25, 0.3) is 0 Å². The molecule has 0 amide bonds. The molecule has 3 rings (SSSR count). The van der Waals surface area contributed by atoms with E-state index in [0.29, 0.717) is 12.0 Å². The molecule has 98 valence electrons. The lowest BCUT2D eigenvalue weighted by Gasteiger charge is -2.13. The van der Waals surface area contributed by atoms with Crippen LogP contribution in [0.15, 0.2) is 0 Å². The zero-order valence-corrected chi connectivity index (χ0v) is 11.2. The number of aromatic nitrogens is 4. The predicted molar refractivity (Wildman–Crippen MR) is 72.4 cm³/mol. The van der Waals surface area contributed by atoms with Gasteiger partial charge in [-0.2, -0.15) is 5.10 Å². The van der Waals surface area contributed by atoms with Gasteiger partial charge >= 0.3 is 0 Å². The topological polar surface area (TPSA) is 61.7 Å². The Morgan fingerprint density at radius 3 is 2.72 bits per heavy atom. The molecule has 1 aliphatic carbocycles. The predicted octanol–water partition coefficient (Wildman–Crippen LogP) is 2.42.